The molecule has 0 aliphatic carbocycles. The smallest absolute Gasteiger partial charge is 0.215 e. The summed E-state index contributed by atoms with van der Waals surface area (Å²) in [5.41, 5.74) is 5.50. The first-order valence-corrected chi connectivity index (χ1v) is 14.0. The number of pyridine rings is 1. The second-order valence-corrected chi connectivity index (χ2v) is 9.68. The number of hydrogen-bond donors (Lipinski definition) is 0. The van der Waals surface area contributed by atoms with Crippen LogP contribution in [0, 0.1) is 0 Å². The zero-order chi connectivity index (χ0) is 28.8. The maximum Gasteiger partial charge on any atom is 0.215 e. The molecule has 5 aromatic rings. The summed E-state index contributed by atoms with van der Waals surface area (Å²) >= 11 is 0. The van der Waals surface area contributed by atoms with Gasteiger partial charge in [-0.2, -0.15) is 5.10 Å². The highest BCUT2D eigenvalue weighted by Gasteiger charge is 2.12. The van der Waals surface area contributed by atoms with Gasteiger partial charge in [0.1, 0.15) is 12.4 Å². The van der Waals surface area contributed by atoms with Crippen molar-refractivity contribution in [3.05, 3.63) is 132 Å². The van der Waals surface area contributed by atoms with Crippen LogP contribution in [0.1, 0.15) is 16.7 Å². The minimum Gasteiger partial charge on any atom is -0.497 e. The molecular formula is C34H36N4O4. The Kier molecular flexibility index (Phi) is 10.6. The van der Waals surface area contributed by atoms with E-state index in [0.717, 1.165) is 28.3 Å². The Morgan fingerprint density at radius 1 is 0.690 bits per heavy atom. The Morgan fingerprint density at radius 2 is 1.48 bits per heavy atom. The molecule has 0 bridgehead atoms. The second kappa shape index (κ2) is 15.4. The number of nitrogens with zero attached hydrogens (tertiary/aromatic N) is 4. The molecule has 42 heavy (non-hydrogen) atoms. The van der Waals surface area contributed by atoms with Crippen molar-refractivity contribution in [2.45, 2.75) is 19.7 Å². The summed E-state index contributed by atoms with van der Waals surface area (Å²) in [6.45, 7) is 3.87. The number of ether oxygens (including phenoxy) is 4. The fourth-order valence-electron chi connectivity index (χ4n) is 4.49. The monoisotopic (exact) mass is 564 g/mol. The average molecular weight is 565 g/mol. The molecule has 8 heteroatoms. The summed E-state index contributed by atoms with van der Waals surface area (Å²) < 4.78 is 24.6. The molecule has 0 unspecified atom stereocenters. The normalized spacial score (nSPS) is 10.9. The van der Waals surface area contributed by atoms with Crippen LogP contribution in [0.25, 0.3) is 5.69 Å². The fraction of sp³-hybridized carbons (Fsp3) is 0.235. The lowest BCUT2D eigenvalue weighted by Crippen LogP contribution is -2.22. The molecule has 0 spiro atoms. The van der Waals surface area contributed by atoms with Crippen molar-refractivity contribution in [1.29, 1.82) is 0 Å². The highest BCUT2D eigenvalue weighted by atomic mass is 16.5. The van der Waals surface area contributed by atoms with E-state index in [1.165, 1.54) is 5.56 Å². The Bertz CT molecular complexity index is 1480. The van der Waals surface area contributed by atoms with Crippen LogP contribution in [0.2, 0.25) is 0 Å². The molecular weight excluding hydrogens is 528 g/mol. The van der Waals surface area contributed by atoms with Crippen LogP contribution in [0.3, 0.4) is 0 Å². The lowest BCUT2D eigenvalue weighted by Gasteiger charge is -2.26. The number of benzene rings is 3. The molecule has 0 saturated heterocycles. The standard InChI is InChI=1S/C34H36N4O4/c1-39-33-10-5-9-30(23-33)26-37(25-28-11-13-31(14-12-28)38-18-6-16-36-38)32-15-17-35-34(24-32)42-22-21-40-19-20-41-27-29-7-3-2-4-8-29/h2-18,23-24H,19-22,25-27H2,1H3. The number of rotatable bonds is 16. The van der Waals surface area contributed by atoms with Crippen LogP contribution >= 0.6 is 0 Å². The molecule has 0 atom stereocenters. The highest BCUT2D eigenvalue weighted by Crippen LogP contribution is 2.25. The molecule has 0 fully saturated rings. The molecule has 8 nitrogen and oxygen atoms in total. The van der Waals surface area contributed by atoms with Crippen molar-refractivity contribution >= 4 is 5.69 Å². The Balaban J connectivity index is 1.17. The zero-order valence-corrected chi connectivity index (χ0v) is 23.8. The van der Waals surface area contributed by atoms with Crippen molar-refractivity contribution in [2.24, 2.45) is 0 Å². The Labute approximate surface area is 247 Å². The van der Waals surface area contributed by atoms with E-state index in [2.05, 4.69) is 51.4 Å². The number of hydrogen-bond acceptors (Lipinski definition) is 7. The van der Waals surface area contributed by atoms with Crippen LogP contribution in [-0.2, 0) is 29.2 Å². The number of methoxy groups -OCH3 is 1. The molecule has 2 heterocycles. The third kappa shape index (κ3) is 8.67. The zero-order valence-electron chi connectivity index (χ0n) is 23.8. The molecule has 3 aromatic carbocycles. The van der Waals surface area contributed by atoms with Gasteiger partial charge >= 0.3 is 0 Å². The van der Waals surface area contributed by atoms with Crippen LogP contribution in [0.5, 0.6) is 11.6 Å². The largest absolute Gasteiger partial charge is 0.497 e. The fourth-order valence-corrected chi connectivity index (χ4v) is 4.49. The van der Waals surface area contributed by atoms with Gasteiger partial charge in [-0.1, -0.05) is 54.6 Å². The molecule has 0 radical (unpaired) electrons. The Hall–Kier alpha value is -4.66. The number of anilines is 1. The first-order chi connectivity index (χ1) is 20.8. The summed E-state index contributed by atoms with van der Waals surface area (Å²) in [7, 11) is 1.69. The first-order valence-electron chi connectivity index (χ1n) is 14.0. The predicted molar refractivity (Wildman–Crippen MR) is 163 cm³/mol. The van der Waals surface area contributed by atoms with Gasteiger partial charge in [-0.3, -0.25) is 0 Å². The summed E-state index contributed by atoms with van der Waals surface area (Å²) in [6.07, 6.45) is 5.50. The summed E-state index contributed by atoms with van der Waals surface area (Å²) in [6, 6.07) is 32.6. The van der Waals surface area contributed by atoms with E-state index in [4.69, 9.17) is 18.9 Å². The van der Waals surface area contributed by atoms with Gasteiger partial charge in [0.25, 0.3) is 0 Å². The molecule has 0 amide bonds. The first kappa shape index (κ1) is 28.9. The lowest BCUT2D eigenvalue weighted by molar-refractivity contribution is 0.0299. The SMILES string of the molecule is COc1cccc(CN(Cc2ccc(-n3cccn3)cc2)c2ccnc(OCCOCCOCc3ccccc3)c2)c1. The third-order valence-corrected chi connectivity index (χ3v) is 6.63. The Morgan fingerprint density at radius 3 is 2.29 bits per heavy atom. The highest BCUT2D eigenvalue weighted by molar-refractivity contribution is 5.50. The van der Waals surface area contributed by atoms with Crippen LogP contribution < -0.4 is 14.4 Å². The molecule has 2 aromatic heterocycles. The van der Waals surface area contributed by atoms with Crippen molar-refractivity contribution in [1.82, 2.24) is 14.8 Å². The summed E-state index contributed by atoms with van der Waals surface area (Å²) in [5, 5.41) is 4.33. The van der Waals surface area contributed by atoms with Crippen molar-refractivity contribution in [3.63, 3.8) is 0 Å². The summed E-state index contributed by atoms with van der Waals surface area (Å²) in [4.78, 5) is 6.72. The maximum absolute atomic E-state index is 5.93. The van der Waals surface area contributed by atoms with E-state index in [9.17, 15) is 0 Å². The quantitative estimate of drug-likeness (QED) is 0.134. The van der Waals surface area contributed by atoms with Gasteiger partial charge in [-0.05, 0) is 53.1 Å². The molecule has 5 rings (SSSR count). The van der Waals surface area contributed by atoms with E-state index in [1.54, 1.807) is 19.5 Å². The van der Waals surface area contributed by atoms with Gasteiger partial charge < -0.3 is 23.8 Å². The minimum absolute atomic E-state index is 0.403. The van der Waals surface area contributed by atoms with E-state index in [1.807, 2.05) is 71.5 Å². The number of aromatic nitrogens is 3. The molecule has 216 valence electrons. The second-order valence-electron chi connectivity index (χ2n) is 9.68. The molecule has 0 aliphatic rings. The van der Waals surface area contributed by atoms with Gasteiger partial charge in [0.05, 0.1) is 39.2 Å². The topological polar surface area (TPSA) is 70.9 Å². The van der Waals surface area contributed by atoms with Crippen LogP contribution in [0.4, 0.5) is 5.69 Å². The average Bonchev–Trinajstić information content (AvgIpc) is 3.58. The third-order valence-electron chi connectivity index (χ3n) is 6.63. The van der Waals surface area contributed by atoms with Crippen molar-refractivity contribution in [2.75, 3.05) is 38.4 Å². The van der Waals surface area contributed by atoms with Crippen molar-refractivity contribution in [3.8, 4) is 17.3 Å². The van der Waals surface area contributed by atoms with Gasteiger partial charge in [0, 0.05) is 43.4 Å². The van der Waals surface area contributed by atoms with Crippen molar-refractivity contribution < 1.29 is 18.9 Å². The minimum atomic E-state index is 0.403. The van der Waals surface area contributed by atoms with Gasteiger partial charge in [-0.15, -0.1) is 0 Å². The van der Waals surface area contributed by atoms with Gasteiger partial charge in [0.2, 0.25) is 5.88 Å². The van der Waals surface area contributed by atoms with Crippen LogP contribution in [0.15, 0.2) is 116 Å². The van der Waals surface area contributed by atoms with Gasteiger partial charge in [-0.25, -0.2) is 9.67 Å². The molecule has 0 N–H and O–H groups in total. The van der Waals surface area contributed by atoms with Crippen LogP contribution in [-0.4, -0.2) is 48.3 Å². The van der Waals surface area contributed by atoms with E-state index < -0.39 is 0 Å². The molecule has 0 saturated carbocycles. The maximum atomic E-state index is 5.93. The van der Waals surface area contributed by atoms with E-state index in [-0.39, 0.29) is 0 Å². The lowest BCUT2D eigenvalue weighted by atomic mass is 10.1. The summed E-state index contributed by atoms with van der Waals surface area (Å²) in [5.74, 6) is 1.39. The van der Waals surface area contributed by atoms with E-state index in [0.29, 0.717) is 52.0 Å². The molecule has 0 aliphatic heterocycles. The predicted octanol–water partition coefficient (Wildman–Crippen LogP) is 6.09. The van der Waals surface area contributed by atoms with Gasteiger partial charge in [0.15, 0.2) is 0 Å². The van der Waals surface area contributed by atoms with E-state index >= 15 is 0 Å².